The summed E-state index contributed by atoms with van der Waals surface area (Å²) in [7, 11) is 0. The van der Waals surface area contributed by atoms with Gasteiger partial charge in [0.1, 0.15) is 5.82 Å². The maximum absolute atomic E-state index is 4.60. The Bertz CT molecular complexity index is 491. The van der Waals surface area contributed by atoms with Gasteiger partial charge in [0.15, 0.2) is 0 Å². The molecule has 20 heavy (non-hydrogen) atoms. The quantitative estimate of drug-likeness (QED) is 0.843. The Morgan fingerprint density at radius 3 is 2.70 bits per heavy atom. The van der Waals surface area contributed by atoms with Crippen LogP contribution in [0.15, 0.2) is 35.8 Å². The third-order valence-electron chi connectivity index (χ3n) is 3.16. The predicted molar refractivity (Wildman–Crippen MR) is 87.3 cm³/mol. The molecule has 0 aliphatic rings. The zero-order valence-corrected chi connectivity index (χ0v) is 13.3. The van der Waals surface area contributed by atoms with Gasteiger partial charge in [-0.3, -0.25) is 0 Å². The van der Waals surface area contributed by atoms with Gasteiger partial charge < -0.3 is 10.2 Å². The summed E-state index contributed by atoms with van der Waals surface area (Å²) in [4.78, 5) is 8.27. The highest BCUT2D eigenvalue weighted by Gasteiger charge is 2.07. The average molecular weight is 289 g/mol. The molecule has 1 N–H and O–H groups in total. The van der Waals surface area contributed by atoms with Crippen LogP contribution >= 0.6 is 11.3 Å². The van der Waals surface area contributed by atoms with Gasteiger partial charge in [-0.1, -0.05) is 26.0 Å². The number of pyridine rings is 1. The Morgan fingerprint density at radius 2 is 2.15 bits per heavy atom. The zero-order valence-electron chi connectivity index (χ0n) is 12.5. The van der Waals surface area contributed by atoms with Crippen molar-refractivity contribution in [1.82, 2.24) is 10.3 Å². The topological polar surface area (TPSA) is 28.2 Å². The summed E-state index contributed by atoms with van der Waals surface area (Å²) < 4.78 is 0. The molecule has 2 rings (SSSR count). The molecule has 0 atom stereocenters. The van der Waals surface area contributed by atoms with Crippen LogP contribution in [0.25, 0.3) is 0 Å². The zero-order chi connectivity index (χ0) is 14.4. The van der Waals surface area contributed by atoms with Crippen molar-refractivity contribution < 1.29 is 0 Å². The van der Waals surface area contributed by atoms with Crippen LogP contribution in [0, 0.1) is 0 Å². The van der Waals surface area contributed by atoms with Gasteiger partial charge >= 0.3 is 0 Å². The molecule has 0 unspecified atom stereocenters. The molecule has 0 amide bonds. The van der Waals surface area contributed by atoms with E-state index >= 15 is 0 Å². The molecule has 0 aromatic carbocycles. The number of nitrogens with zero attached hydrogens (tertiary/aromatic N) is 2. The molecule has 0 aliphatic heterocycles. The van der Waals surface area contributed by atoms with Crippen molar-refractivity contribution in [1.29, 1.82) is 0 Å². The van der Waals surface area contributed by atoms with Gasteiger partial charge in [-0.2, -0.15) is 0 Å². The van der Waals surface area contributed by atoms with E-state index in [1.54, 1.807) is 11.3 Å². The van der Waals surface area contributed by atoms with Gasteiger partial charge in [0.2, 0.25) is 0 Å². The van der Waals surface area contributed by atoms with E-state index in [9.17, 15) is 0 Å². The largest absolute Gasteiger partial charge is 0.352 e. The van der Waals surface area contributed by atoms with Crippen LogP contribution in [-0.4, -0.2) is 17.6 Å². The second kappa shape index (κ2) is 7.41. The number of nitrogens with one attached hydrogen (secondary N) is 1. The van der Waals surface area contributed by atoms with E-state index in [0.29, 0.717) is 6.04 Å². The van der Waals surface area contributed by atoms with Crippen molar-refractivity contribution in [2.45, 2.75) is 39.9 Å². The smallest absolute Gasteiger partial charge is 0.128 e. The molecule has 2 aromatic rings. The number of hydrogen-bond acceptors (Lipinski definition) is 4. The molecule has 0 saturated carbocycles. The van der Waals surface area contributed by atoms with Crippen LogP contribution in [0.5, 0.6) is 0 Å². The number of thiophene rings is 1. The Kier molecular flexibility index (Phi) is 5.56. The van der Waals surface area contributed by atoms with Crippen molar-refractivity contribution in [3.63, 3.8) is 0 Å². The standard InChI is InChI=1S/C16H23N3S/c1-4-19(12-15-6-5-9-20-15)16-8-7-14(11-18-16)10-17-13(2)3/h5-9,11,13,17H,4,10,12H2,1-3H3. The summed E-state index contributed by atoms with van der Waals surface area (Å²) in [5, 5.41) is 5.53. The lowest BCUT2D eigenvalue weighted by Crippen LogP contribution is -2.23. The lowest BCUT2D eigenvalue weighted by atomic mass is 10.2. The molecule has 0 fully saturated rings. The fraction of sp³-hybridized carbons (Fsp3) is 0.438. The van der Waals surface area contributed by atoms with Crippen molar-refractivity contribution in [3.05, 3.63) is 46.3 Å². The van der Waals surface area contributed by atoms with E-state index in [0.717, 1.165) is 25.5 Å². The second-order valence-corrected chi connectivity index (χ2v) is 6.19. The first-order chi connectivity index (χ1) is 9.69. The number of aromatic nitrogens is 1. The highest BCUT2D eigenvalue weighted by molar-refractivity contribution is 7.09. The van der Waals surface area contributed by atoms with Crippen LogP contribution in [0.3, 0.4) is 0 Å². The van der Waals surface area contributed by atoms with E-state index in [-0.39, 0.29) is 0 Å². The number of rotatable bonds is 7. The van der Waals surface area contributed by atoms with E-state index in [1.807, 2.05) is 6.20 Å². The van der Waals surface area contributed by atoms with Gasteiger partial charge in [-0.05, 0) is 30.0 Å². The van der Waals surface area contributed by atoms with Crippen LogP contribution in [0.2, 0.25) is 0 Å². The monoisotopic (exact) mass is 289 g/mol. The lowest BCUT2D eigenvalue weighted by Gasteiger charge is -2.21. The lowest BCUT2D eigenvalue weighted by molar-refractivity contribution is 0.588. The van der Waals surface area contributed by atoms with Crippen molar-refractivity contribution >= 4 is 17.2 Å². The van der Waals surface area contributed by atoms with Crippen LogP contribution in [0.4, 0.5) is 5.82 Å². The first kappa shape index (κ1) is 15.0. The van der Waals surface area contributed by atoms with Gasteiger partial charge in [0, 0.05) is 30.2 Å². The third-order valence-corrected chi connectivity index (χ3v) is 4.02. The van der Waals surface area contributed by atoms with Crippen molar-refractivity contribution in [2.75, 3.05) is 11.4 Å². The maximum Gasteiger partial charge on any atom is 0.128 e. The van der Waals surface area contributed by atoms with Gasteiger partial charge in [-0.15, -0.1) is 11.3 Å². The third kappa shape index (κ3) is 4.32. The Balaban J connectivity index is 1.99. The van der Waals surface area contributed by atoms with Crippen molar-refractivity contribution in [2.24, 2.45) is 0 Å². The summed E-state index contributed by atoms with van der Waals surface area (Å²) in [6.45, 7) is 9.26. The summed E-state index contributed by atoms with van der Waals surface area (Å²) in [5.41, 5.74) is 1.23. The fourth-order valence-electron chi connectivity index (χ4n) is 1.98. The normalized spacial score (nSPS) is 11.0. The average Bonchev–Trinajstić information content (AvgIpc) is 2.96. The molecular formula is C16H23N3S. The summed E-state index contributed by atoms with van der Waals surface area (Å²) in [5.74, 6) is 1.05. The molecule has 0 bridgehead atoms. The van der Waals surface area contributed by atoms with Crippen molar-refractivity contribution in [3.8, 4) is 0 Å². The summed E-state index contributed by atoms with van der Waals surface area (Å²) >= 11 is 1.80. The van der Waals surface area contributed by atoms with E-state index in [4.69, 9.17) is 0 Å². The molecule has 0 radical (unpaired) electrons. The SMILES string of the molecule is CCN(Cc1cccs1)c1ccc(CNC(C)C)cn1. The maximum atomic E-state index is 4.60. The van der Waals surface area contributed by atoms with Gasteiger partial charge in [-0.25, -0.2) is 4.98 Å². The molecular weight excluding hydrogens is 266 g/mol. The van der Waals surface area contributed by atoms with E-state index in [2.05, 4.69) is 65.6 Å². The second-order valence-electron chi connectivity index (χ2n) is 5.15. The van der Waals surface area contributed by atoms with Crippen LogP contribution < -0.4 is 10.2 Å². The predicted octanol–water partition coefficient (Wildman–Crippen LogP) is 3.67. The first-order valence-electron chi connectivity index (χ1n) is 7.14. The minimum Gasteiger partial charge on any atom is -0.352 e. The Morgan fingerprint density at radius 1 is 1.30 bits per heavy atom. The van der Waals surface area contributed by atoms with Crippen LogP contribution in [0.1, 0.15) is 31.2 Å². The molecule has 3 nitrogen and oxygen atoms in total. The highest BCUT2D eigenvalue weighted by atomic mass is 32.1. The number of anilines is 1. The first-order valence-corrected chi connectivity index (χ1v) is 8.02. The Hall–Kier alpha value is -1.39. The summed E-state index contributed by atoms with van der Waals surface area (Å²) in [6.07, 6.45) is 1.97. The molecule has 0 spiro atoms. The minimum atomic E-state index is 0.501. The van der Waals surface area contributed by atoms with Gasteiger partial charge in [0.05, 0.1) is 6.54 Å². The van der Waals surface area contributed by atoms with Gasteiger partial charge in [0.25, 0.3) is 0 Å². The van der Waals surface area contributed by atoms with Crippen LogP contribution in [-0.2, 0) is 13.1 Å². The summed E-state index contributed by atoms with van der Waals surface area (Å²) in [6, 6.07) is 9.06. The molecule has 0 saturated heterocycles. The molecule has 2 aromatic heterocycles. The van der Waals surface area contributed by atoms with E-state index in [1.165, 1.54) is 10.4 Å². The fourth-order valence-corrected chi connectivity index (χ4v) is 2.70. The molecule has 108 valence electrons. The number of hydrogen-bond donors (Lipinski definition) is 1. The van der Waals surface area contributed by atoms with E-state index < -0.39 is 0 Å². The highest BCUT2D eigenvalue weighted by Crippen LogP contribution is 2.17. The molecule has 2 heterocycles. The Labute approximate surface area is 125 Å². The molecule has 0 aliphatic carbocycles. The molecule has 4 heteroatoms. The minimum absolute atomic E-state index is 0.501.